The Kier molecular flexibility index (Phi) is 8.07. The van der Waals surface area contributed by atoms with E-state index in [0.29, 0.717) is 39.9 Å². The van der Waals surface area contributed by atoms with Gasteiger partial charge in [0.2, 0.25) is 5.91 Å². The van der Waals surface area contributed by atoms with Crippen LogP contribution in [0.15, 0.2) is 41.5 Å². The molecule has 0 spiro atoms. The summed E-state index contributed by atoms with van der Waals surface area (Å²) < 4.78 is 11.0. The van der Waals surface area contributed by atoms with E-state index in [1.54, 1.807) is 36.4 Å². The van der Waals surface area contributed by atoms with Gasteiger partial charge in [0.05, 0.1) is 17.8 Å². The van der Waals surface area contributed by atoms with Crippen LogP contribution in [0.2, 0.25) is 5.02 Å². The number of hydrazone groups is 1. The molecular formula is C21H20ClN3O4. The number of amides is 2. The molecule has 0 aromatic heterocycles. The third kappa shape index (κ3) is 6.55. The molecule has 0 atom stereocenters. The maximum absolute atomic E-state index is 12.2. The second-order valence-corrected chi connectivity index (χ2v) is 6.12. The van der Waals surface area contributed by atoms with Crippen molar-refractivity contribution < 1.29 is 19.1 Å². The number of anilines is 1. The Hall–Kier alpha value is -3.50. The quantitative estimate of drug-likeness (QED) is 0.394. The van der Waals surface area contributed by atoms with Gasteiger partial charge in [0.1, 0.15) is 6.61 Å². The molecule has 2 N–H and O–H groups in total. The number of carbonyl (C=O) groups excluding carboxylic acids is 2. The molecule has 0 heterocycles. The van der Waals surface area contributed by atoms with Gasteiger partial charge in [-0.25, -0.2) is 5.43 Å². The number of ether oxygens (including phenoxy) is 2. The molecule has 2 rings (SSSR count). The van der Waals surface area contributed by atoms with Crippen LogP contribution in [0.3, 0.4) is 0 Å². The highest BCUT2D eigenvalue weighted by Gasteiger charge is 2.12. The Labute approximate surface area is 174 Å². The minimum absolute atomic E-state index is 0.0595. The third-order valence-corrected chi connectivity index (χ3v) is 3.76. The van der Waals surface area contributed by atoms with Crippen molar-refractivity contribution in [1.29, 1.82) is 0 Å². The normalized spacial score (nSPS) is 10.3. The molecule has 29 heavy (non-hydrogen) atoms. The summed E-state index contributed by atoms with van der Waals surface area (Å²) in [6.07, 6.45) is 6.65. The standard InChI is InChI=1S/C21H20ClN3O4/c1-4-10-29-20-18(22)11-15(12-19(20)28-5-2)13-23-25-21(27)16-6-8-17(9-7-16)24-14(3)26/h1,6-9,11-13H,5,10H2,2-3H3,(H,24,26)(H,25,27)/b23-13-. The predicted octanol–water partition coefficient (Wildman–Crippen LogP) is 3.47. The average Bonchev–Trinajstić information content (AvgIpc) is 2.67. The molecule has 0 saturated heterocycles. The van der Waals surface area contributed by atoms with Gasteiger partial charge in [-0.05, 0) is 48.9 Å². The fraction of sp³-hybridized carbons (Fsp3) is 0.190. The van der Waals surface area contributed by atoms with E-state index in [0.717, 1.165) is 0 Å². The van der Waals surface area contributed by atoms with E-state index < -0.39 is 5.91 Å². The Bertz CT molecular complexity index is 950. The van der Waals surface area contributed by atoms with Crippen LogP contribution in [0.4, 0.5) is 5.69 Å². The SMILES string of the molecule is C#CCOc1c(Cl)cc(/C=N\NC(=O)c2ccc(NC(C)=O)cc2)cc1OCC. The predicted molar refractivity (Wildman–Crippen MR) is 113 cm³/mol. The first-order valence-electron chi connectivity index (χ1n) is 8.68. The Morgan fingerprint density at radius 3 is 2.59 bits per heavy atom. The summed E-state index contributed by atoms with van der Waals surface area (Å²) in [5.74, 6) is 2.56. The second-order valence-electron chi connectivity index (χ2n) is 5.71. The minimum atomic E-state index is -0.402. The maximum atomic E-state index is 12.2. The van der Waals surface area contributed by atoms with Crippen molar-refractivity contribution in [1.82, 2.24) is 5.43 Å². The summed E-state index contributed by atoms with van der Waals surface area (Å²) in [7, 11) is 0. The van der Waals surface area contributed by atoms with Crippen molar-refractivity contribution in [2.24, 2.45) is 5.10 Å². The molecule has 2 aromatic carbocycles. The Morgan fingerprint density at radius 1 is 1.24 bits per heavy atom. The number of nitrogens with one attached hydrogen (secondary N) is 2. The van der Waals surface area contributed by atoms with Crippen LogP contribution in [0.5, 0.6) is 11.5 Å². The first-order valence-corrected chi connectivity index (χ1v) is 9.06. The lowest BCUT2D eigenvalue weighted by Crippen LogP contribution is -2.17. The van der Waals surface area contributed by atoms with Crippen molar-refractivity contribution in [3.63, 3.8) is 0 Å². The van der Waals surface area contributed by atoms with Crippen LogP contribution in [0.25, 0.3) is 0 Å². The van der Waals surface area contributed by atoms with E-state index >= 15 is 0 Å². The van der Waals surface area contributed by atoms with Crippen LogP contribution in [0, 0.1) is 12.3 Å². The van der Waals surface area contributed by atoms with Crippen molar-refractivity contribution in [3.05, 3.63) is 52.5 Å². The molecule has 2 amide bonds. The topological polar surface area (TPSA) is 89.0 Å². The van der Waals surface area contributed by atoms with Crippen molar-refractivity contribution in [2.75, 3.05) is 18.5 Å². The Morgan fingerprint density at radius 2 is 1.97 bits per heavy atom. The maximum Gasteiger partial charge on any atom is 0.271 e. The van der Waals surface area contributed by atoms with E-state index in [2.05, 4.69) is 21.8 Å². The zero-order chi connectivity index (χ0) is 21.2. The summed E-state index contributed by atoms with van der Waals surface area (Å²) in [5.41, 5.74) is 4.02. The fourth-order valence-electron chi connectivity index (χ4n) is 2.32. The first-order chi connectivity index (χ1) is 13.9. The zero-order valence-corrected chi connectivity index (χ0v) is 16.7. The Balaban J connectivity index is 2.08. The fourth-order valence-corrected chi connectivity index (χ4v) is 2.59. The molecule has 0 unspecified atom stereocenters. The molecule has 0 fully saturated rings. The van der Waals surface area contributed by atoms with Gasteiger partial charge >= 0.3 is 0 Å². The molecule has 2 aromatic rings. The molecule has 150 valence electrons. The number of hydrogen-bond acceptors (Lipinski definition) is 5. The van der Waals surface area contributed by atoms with Gasteiger partial charge in [0.15, 0.2) is 11.5 Å². The van der Waals surface area contributed by atoms with Gasteiger partial charge in [-0.2, -0.15) is 5.10 Å². The smallest absolute Gasteiger partial charge is 0.271 e. The molecular weight excluding hydrogens is 394 g/mol. The van der Waals surface area contributed by atoms with Gasteiger partial charge in [-0.15, -0.1) is 6.42 Å². The molecule has 0 aliphatic heterocycles. The van der Waals surface area contributed by atoms with Gasteiger partial charge in [-0.3, -0.25) is 9.59 Å². The number of rotatable bonds is 8. The van der Waals surface area contributed by atoms with E-state index in [9.17, 15) is 9.59 Å². The zero-order valence-electron chi connectivity index (χ0n) is 16.0. The van der Waals surface area contributed by atoms with Gasteiger partial charge in [0, 0.05) is 18.2 Å². The van der Waals surface area contributed by atoms with Crippen LogP contribution in [-0.4, -0.2) is 31.2 Å². The summed E-state index contributed by atoms with van der Waals surface area (Å²) in [5, 5.41) is 6.88. The van der Waals surface area contributed by atoms with E-state index in [1.165, 1.54) is 13.1 Å². The van der Waals surface area contributed by atoms with Crippen LogP contribution in [-0.2, 0) is 4.79 Å². The molecule has 0 saturated carbocycles. The molecule has 0 radical (unpaired) electrons. The molecule has 8 heteroatoms. The van der Waals surface area contributed by atoms with Crippen molar-refractivity contribution in [3.8, 4) is 23.8 Å². The number of halogens is 1. The highest BCUT2D eigenvalue weighted by molar-refractivity contribution is 6.32. The van der Waals surface area contributed by atoms with Crippen LogP contribution >= 0.6 is 11.6 Å². The summed E-state index contributed by atoms with van der Waals surface area (Å²) in [4.78, 5) is 23.2. The number of carbonyl (C=O) groups is 2. The summed E-state index contributed by atoms with van der Waals surface area (Å²) >= 11 is 6.24. The van der Waals surface area contributed by atoms with Gasteiger partial charge in [0.25, 0.3) is 5.91 Å². The number of hydrogen-bond donors (Lipinski definition) is 2. The van der Waals surface area contributed by atoms with Crippen molar-refractivity contribution >= 4 is 35.3 Å². The monoisotopic (exact) mass is 413 g/mol. The van der Waals surface area contributed by atoms with Crippen LogP contribution < -0.4 is 20.2 Å². The number of benzene rings is 2. The number of nitrogens with zero attached hydrogens (tertiary/aromatic N) is 1. The average molecular weight is 414 g/mol. The van der Waals surface area contributed by atoms with Crippen molar-refractivity contribution in [2.45, 2.75) is 13.8 Å². The van der Waals surface area contributed by atoms with E-state index in [-0.39, 0.29) is 12.5 Å². The number of terminal acetylenes is 1. The van der Waals surface area contributed by atoms with Crippen LogP contribution in [0.1, 0.15) is 29.8 Å². The second kappa shape index (κ2) is 10.7. The lowest BCUT2D eigenvalue weighted by molar-refractivity contribution is -0.114. The highest BCUT2D eigenvalue weighted by Crippen LogP contribution is 2.36. The summed E-state index contributed by atoms with van der Waals surface area (Å²) in [6, 6.07) is 9.72. The van der Waals surface area contributed by atoms with Gasteiger partial charge in [-0.1, -0.05) is 17.5 Å². The highest BCUT2D eigenvalue weighted by atomic mass is 35.5. The summed E-state index contributed by atoms with van der Waals surface area (Å²) in [6.45, 7) is 3.71. The molecule has 0 aliphatic rings. The largest absolute Gasteiger partial charge is 0.490 e. The van der Waals surface area contributed by atoms with E-state index in [4.69, 9.17) is 27.5 Å². The first kappa shape index (κ1) is 21.8. The third-order valence-electron chi connectivity index (χ3n) is 3.48. The molecule has 7 nitrogen and oxygen atoms in total. The van der Waals surface area contributed by atoms with E-state index in [1.807, 2.05) is 6.92 Å². The lowest BCUT2D eigenvalue weighted by atomic mass is 10.2. The molecule has 0 bridgehead atoms. The minimum Gasteiger partial charge on any atom is -0.490 e. The van der Waals surface area contributed by atoms with Gasteiger partial charge < -0.3 is 14.8 Å². The lowest BCUT2D eigenvalue weighted by Gasteiger charge is -2.12. The molecule has 0 aliphatic carbocycles.